The summed E-state index contributed by atoms with van der Waals surface area (Å²) in [7, 11) is -3.26. The number of hydrogen-bond acceptors (Lipinski definition) is 2. The van der Waals surface area contributed by atoms with Gasteiger partial charge >= 0.3 is 0 Å². The van der Waals surface area contributed by atoms with E-state index in [1.165, 1.54) is 11.2 Å². The minimum absolute atomic E-state index is 0.195. The van der Waals surface area contributed by atoms with Gasteiger partial charge in [-0.05, 0) is 19.8 Å². The summed E-state index contributed by atoms with van der Waals surface area (Å²) < 4.78 is 49.4. The molecule has 1 saturated heterocycles. The normalized spacial score (nSPS) is 34.7. The Hall–Kier alpha value is -0.230. The zero-order valence-electron chi connectivity index (χ0n) is 9.20. The van der Waals surface area contributed by atoms with Gasteiger partial charge in [0.05, 0.1) is 6.26 Å². The molecule has 2 unspecified atom stereocenters. The van der Waals surface area contributed by atoms with Crippen LogP contribution < -0.4 is 0 Å². The molecule has 0 aliphatic carbocycles. The summed E-state index contributed by atoms with van der Waals surface area (Å²) in [4.78, 5) is 0. The number of rotatable bonds is 2. The number of piperidine rings is 1. The molecule has 0 radical (unpaired) electrons. The smallest absolute Gasteiger partial charge is 0.212 e. The average molecular weight is 241 g/mol. The molecule has 0 aromatic heterocycles. The average Bonchev–Trinajstić information content (AvgIpc) is 2.00. The molecule has 90 valence electrons. The molecule has 0 aromatic rings. The lowest BCUT2D eigenvalue weighted by Crippen LogP contribution is -2.49. The van der Waals surface area contributed by atoms with Gasteiger partial charge in [0, 0.05) is 18.0 Å². The van der Waals surface area contributed by atoms with E-state index in [1.807, 2.05) is 0 Å². The van der Waals surface area contributed by atoms with Crippen molar-refractivity contribution in [3.8, 4) is 0 Å². The second kappa shape index (κ2) is 3.97. The molecule has 1 aliphatic rings. The lowest BCUT2D eigenvalue weighted by atomic mass is 9.78. The Kier molecular flexibility index (Phi) is 3.40. The second-order valence-electron chi connectivity index (χ2n) is 4.63. The van der Waals surface area contributed by atoms with Crippen molar-refractivity contribution < 1.29 is 17.2 Å². The third-order valence-corrected chi connectivity index (χ3v) is 4.50. The van der Waals surface area contributed by atoms with Gasteiger partial charge in [0.1, 0.15) is 0 Å². The molecule has 0 aromatic carbocycles. The number of hydrogen-bond donors (Lipinski definition) is 0. The van der Waals surface area contributed by atoms with E-state index in [4.69, 9.17) is 0 Å². The second-order valence-corrected chi connectivity index (χ2v) is 6.57. The summed E-state index contributed by atoms with van der Waals surface area (Å²) in [5.41, 5.74) is -1.04. The highest BCUT2D eigenvalue weighted by Gasteiger charge is 2.43. The van der Waals surface area contributed by atoms with E-state index >= 15 is 0 Å². The quantitative estimate of drug-likeness (QED) is 0.738. The highest BCUT2D eigenvalue weighted by Crippen LogP contribution is 2.40. The summed E-state index contributed by atoms with van der Waals surface area (Å²) >= 11 is 0. The maximum absolute atomic E-state index is 12.7. The van der Waals surface area contributed by atoms with Crippen LogP contribution in [0.5, 0.6) is 0 Å². The molecule has 1 fully saturated rings. The fourth-order valence-corrected chi connectivity index (χ4v) is 3.31. The first-order valence-corrected chi connectivity index (χ1v) is 6.76. The van der Waals surface area contributed by atoms with E-state index in [0.717, 1.165) is 6.26 Å². The molecule has 2 atom stereocenters. The van der Waals surface area contributed by atoms with Gasteiger partial charge in [-0.3, -0.25) is 0 Å². The van der Waals surface area contributed by atoms with Gasteiger partial charge in [-0.25, -0.2) is 17.2 Å². The SMILES string of the molecule is CC1CC(C)(C(F)F)CCN1S(C)(=O)=O. The maximum Gasteiger partial charge on any atom is 0.244 e. The van der Waals surface area contributed by atoms with Crippen LogP contribution >= 0.6 is 0 Å². The zero-order chi connectivity index (χ0) is 11.9. The van der Waals surface area contributed by atoms with E-state index in [1.54, 1.807) is 6.92 Å². The molecule has 15 heavy (non-hydrogen) atoms. The monoisotopic (exact) mass is 241 g/mol. The minimum atomic E-state index is -3.26. The van der Waals surface area contributed by atoms with Gasteiger partial charge in [-0.2, -0.15) is 4.31 Å². The van der Waals surface area contributed by atoms with Crippen LogP contribution in [0.25, 0.3) is 0 Å². The Bertz CT molecular complexity index is 331. The minimum Gasteiger partial charge on any atom is -0.212 e. The van der Waals surface area contributed by atoms with Crippen molar-refractivity contribution in [2.75, 3.05) is 12.8 Å². The van der Waals surface area contributed by atoms with Crippen LogP contribution in [0.2, 0.25) is 0 Å². The van der Waals surface area contributed by atoms with E-state index in [0.29, 0.717) is 0 Å². The topological polar surface area (TPSA) is 37.4 Å². The van der Waals surface area contributed by atoms with E-state index in [2.05, 4.69) is 0 Å². The zero-order valence-corrected chi connectivity index (χ0v) is 10.0. The molecule has 0 amide bonds. The standard InChI is InChI=1S/C9H17F2NO2S/c1-7-6-9(2,8(10)11)4-5-12(7)15(3,13)14/h7-8H,4-6H2,1-3H3. The number of nitrogens with zero attached hydrogens (tertiary/aromatic N) is 1. The van der Waals surface area contributed by atoms with Gasteiger partial charge in [0.25, 0.3) is 0 Å². The van der Waals surface area contributed by atoms with Crippen molar-refractivity contribution in [3.05, 3.63) is 0 Å². The Labute approximate surface area is 89.5 Å². The van der Waals surface area contributed by atoms with Gasteiger partial charge in [-0.15, -0.1) is 0 Å². The summed E-state index contributed by atoms with van der Waals surface area (Å²) in [6.45, 7) is 3.40. The molecule has 0 spiro atoms. The highest BCUT2D eigenvalue weighted by molar-refractivity contribution is 7.88. The van der Waals surface area contributed by atoms with Crippen molar-refractivity contribution in [1.82, 2.24) is 4.31 Å². The first-order valence-electron chi connectivity index (χ1n) is 4.92. The fraction of sp³-hybridized carbons (Fsp3) is 1.00. The molecular weight excluding hydrogens is 224 g/mol. The molecule has 1 aliphatic heterocycles. The lowest BCUT2D eigenvalue weighted by molar-refractivity contribution is -0.0362. The number of alkyl halides is 2. The first kappa shape index (κ1) is 12.8. The van der Waals surface area contributed by atoms with Crippen LogP contribution in [0.15, 0.2) is 0 Å². The van der Waals surface area contributed by atoms with Gasteiger partial charge in [0.15, 0.2) is 0 Å². The predicted octanol–water partition coefficient (Wildman–Crippen LogP) is 1.70. The lowest BCUT2D eigenvalue weighted by Gasteiger charge is -2.41. The molecular formula is C9H17F2NO2S. The maximum atomic E-state index is 12.7. The Morgan fingerprint density at radius 2 is 2.00 bits per heavy atom. The first-order chi connectivity index (χ1) is 6.67. The molecule has 0 N–H and O–H groups in total. The van der Waals surface area contributed by atoms with E-state index < -0.39 is 21.9 Å². The van der Waals surface area contributed by atoms with Crippen LogP contribution in [0, 0.1) is 5.41 Å². The van der Waals surface area contributed by atoms with E-state index in [-0.39, 0.29) is 25.4 Å². The van der Waals surface area contributed by atoms with Crippen molar-refractivity contribution in [3.63, 3.8) is 0 Å². The summed E-state index contributed by atoms with van der Waals surface area (Å²) in [6, 6.07) is -0.340. The van der Waals surface area contributed by atoms with Crippen molar-refractivity contribution in [1.29, 1.82) is 0 Å². The van der Waals surface area contributed by atoms with Crippen LogP contribution in [-0.2, 0) is 10.0 Å². The fourth-order valence-electron chi connectivity index (χ4n) is 2.16. The molecule has 6 heteroatoms. The summed E-state index contributed by atoms with van der Waals surface area (Å²) in [5.74, 6) is 0. The molecule has 0 saturated carbocycles. The largest absolute Gasteiger partial charge is 0.244 e. The Balaban J connectivity index is 2.80. The summed E-state index contributed by atoms with van der Waals surface area (Å²) in [5, 5.41) is 0. The van der Waals surface area contributed by atoms with Gasteiger partial charge < -0.3 is 0 Å². The van der Waals surface area contributed by atoms with E-state index in [9.17, 15) is 17.2 Å². The molecule has 3 nitrogen and oxygen atoms in total. The van der Waals surface area contributed by atoms with Crippen LogP contribution in [0.4, 0.5) is 8.78 Å². The Morgan fingerprint density at radius 3 is 2.33 bits per heavy atom. The molecule has 1 rings (SSSR count). The van der Waals surface area contributed by atoms with Crippen LogP contribution in [-0.4, -0.2) is 38.0 Å². The predicted molar refractivity (Wildman–Crippen MR) is 54.4 cm³/mol. The molecule has 1 heterocycles. The Morgan fingerprint density at radius 1 is 1.47 bits per heavy atom. The number of halogens is 2. The van der Waals surface area contributed by atoms with Crippen molar-refractivity contribution >= 4 is 10.0 Å². The summed E-state index contributed by atoms with van der Waals surface area (Å²) in [6.07, 6.45) is -0.824. The van der Waals surface area contributed by atoms with Crippen LogP contribution in [0.1, 0.15) is 26.7 Å². The number of sulfonamides is 1. The van der Waals surface area contributed by atoms with Gasteiger partial charge in [-0.1, -0.05) is 6.92 Å². The van der Waals surface area contributed by atoms with Crippen molar-refractivity contribution in [2.45, 2.75) is 39.2 Å². The van der Waals surface area contributed by atoms with Crippen molar-refractivity contribution in [2.24, 2.45) is 5.41 Å². The third-order valence-electron chi connectivity index (χ3n) is 3.11. The molecule has 0 bridgehead atoms. The third kappa shape index (κ3) is 2.66. The van der Waals surface area contributed by atoms with Gasteiger partial charge in [0.2, 0.25) is 16.4 Å². The highest BCUT2D eigenvalue weighted by atomic mass is 32.2. The van der Waals surface area contributed by atoms with Crippen LogP contribution in [0.3, 0.4) is 0 Å².